The number of aliphatic hydroxyl groups excluding tert-OH is 1. The Morgan fingerprint density at radius 2 is 2.22 bits per heavy atom. The van der Waals surface area contributed by atoms with Gasteiger partial charge in [0.15, 0.2) is 0 Å². The minimum atomic E-state index is -0.674. The fourth-order valence-corrected chi connectivity index (χ4v) is 0.465. The van der Waals surface area contributed by atoms with Crippen LogP contribution in [0.3, 0.4) is 0 Å². The van der Waals surface area contributed by atoms with E-state index < -0.39 is 6.10 Å². The fourth-order valence-electron chi connectivity index (χ4n) is 0.465. The number of nitrogens with zero attached hydrogens (tertiary/aromatic N) is 1. The number of hydrogen-bond acceptors (Lipinski definition) is 2. The molecule has 2 nitrogen and oxygen atoms in total. The van der Waals surface area contributed by atoms with Crippen molar-refractivity contribution in [1.29, 1.82) is 0 Å². The van der Waals surface area contributed by atoms with Crippen molar-refractivity contribution in [3.8, 4) is 0 Å². The van der Waals surface area contributed by atoms with Crippen molar-refractivity contribution in [3.05, 3.63) is 25.3 Å². The predicted octanol–water partition coefficient (Wildman–Crippen LogP) is 0.790. The number of hydrogen-bond donors (Lipinski definition) is 1. The van der Waals surface area contributed by atoms with Gasteiger partial charge in [-0.05, 0) is 6.08 Å². The maximum Gasteiger partial charge on any atom is 0.113 e. The van der Waals surface area contributed by atoms with Crippen LogP contribution in [0.4, 0.5) is 0 Å². The SMILES string of the molecule is C=CC(=NC)C(O)C=C. The molecule has 1 N–H and O–H groups in total. The van der Waals surface area contributed by atoms with Crippen molar-refractivity contribution < 1.29 is 5.11 Å². The van der Waals surface area contributed by atoms with Crippen LogP contribution >= 0.6 is 0 Å². The summed E-state index contributed by atoms with van der Waals surface area (Å²) in [6.45, 7) is 6.86. The zero-order valence-electron chi connectivity index (χ0n) is 5.54. The number of rotatable bonds is 3. The van der Waals surface area contributed by atoms with Gasteiger partial charge in [-0.1, -0.05) is 12.7 Å². The van der Waals surface area contributed by atoms with Crippen LogP contribution in [0.15, 0.2) is 30.3 Å². The third-order valence-electron chi connectivity index (χ3n) is 0.994. The highest BCUT2D eigenvalue weighted by Gasteiger charge is 2.00. The number of aliphatic imine (C=N–C) groups is 1. The molecule has 0 saturated heterocycles. The average molecular weight is 125 g/mol. The van der Waals surface area contributed by atoms with Crippen LogP contribution in [0.25, 0.3) is 0 Å². The Balaban J connectivity index is 4.11. The van der Waals surface area contributed by atoms with E-state index in [-0.39, 0.29) is 0 Å². The lowest BCUT2D eigenvalue weighted by atomic mass is 10.2. The molecule has 0 spiro atoms. The molecule has 0 rings (SSSR count). The maximum absolute atomic E-state index is 9.00. The summed E-state index contributed by atoms with van der Waals surface area (Å²) in [5.41, 5.74) is 0.546. The summed E-state index contributed by atoms with van der Waals surface area (Å²) in [6, 6.07) is 0. The molecule has 0 heterocycles. The summed E-state index contributed by atoms with van der Waals surface area (Å²) >= 11 is 0. The summed E-state index contributed by atoms with van der Waals surface area (Å²) in [4.78, 5) is 3.75. The highest BCUT2D eigenvalue weighted by molar-refractivity contribution is 5.99. The minimum absolute atomic E-state index is 0.546. The smallest absolute Gasteiger partial charge is 0.113 e. The predicted molar refractivity (Wildman–Crippen MR) is 39.8 cm³/mol. The molecule has 9 heavy (non-hydrogen) atoms. The standard InChI is InChI=1S/C7H11NO/c1-4-6(8-3)7(9)5-2/h4-5,7,9H,1-2H2,3H3. The second-order valence-corrected chi connectivity index (χ2v) is 1.53. The van der Waals surface area contributed by atoms with E-state index in [9.17, 15) is 0 Å². The summed E-state index contributed by atoms with van der Waals surface area (Å²) < 4.78 is 0. The molecule has 0 saturated carbocycles. The lowest BCUT2D eigenvalue weighted by molar-refractivity contribution is 0.290. The monoisotopic (exact) mass is 125 g/mol. The summed E-state index contributed by atoms with van der Waals surface area (Å²) in [5.74, 6) is 0. The molecule has 0 bridgehead atoms. The molecule has 0 aliphatic rings. The normalized spacial score (nSPS) is 14.7. The summed E-state index contributed by atoms with van der Waals surface area (Å²) in [5, 5.41) is 9.00. The molecule has 50 valence electrons. The topological polar surface area (TPSA) is 32.6 Å². The first-order valence-corrected chi connectivity index (χ1v) is 2.66. The lowest BCUT2D eigenvalue weighted by Gasteiger charge is -2.01. The molecule has 0 radical (unpaired) electrons. The van der Waals surface area contributed by atoms with Gasteiger partial charge in [0.2, 0.25) is 0 Å². The van der Waals surface area contributed by atoms with Crippen molar-refractivity contribution in [2.45, 2.75) is 6.10 Å². The molecule has 0 aliphatic carbocycles. The van der Waals surface area contributed by atoms with Gasteiger partial charge in [0, 0.05) is 7.05 Å². The molecule has 1 atom stereocenters. The fraction of sp³-hybridized carbons (Fsp3) is 0.286. The van der Waals surface area contributed by atoms with Gasteiger partial charge in [0.05, 0.1) is 5.71 Å². The van der Waals surface area contributed by atoms with E-state index in [0.29, 0.717) is 5.71 Å². The molecule has 0 aromatic carbocycles. The van der Waals surface area contributed by atoms with E-state index in [2.05, 4.69) is 18.2 Å². The van der Waals surface area contributed by atoms with Gasteiger partial charge < -0.3 is 5.11 Å². The Labute approximate surface area is 55.2 Å². The Morgan fingerprint density at radius 3 is 2.33 bits per heavy atom. The highest BCUT2D eigenvalue weighted by Crippen LogP contribution is 1.89. The highest BCUT2D eigenvalue weighted by atomic mass is 16.3. The van der Waals surface area contributed by atoms with Crippen molar-refractivity contribution in [2.24, 2.45) is 4.99 Å². The second kappa shape index (κ2) is 4.04. The Hall–Kier alpha value is -0.890. The molecular formula is C7H11NO. The molecule has 0 aromatic heterocycles. The van der Waals surface area contributed by atoms with E-state index in [4.69, 9.17) is 5.11 Å². The van der Waals surface area contributed by atoms with E-state index >= 15 is 0 Å². The molecule has 0 aliphatic heterocycles. The van der Waals surface area contributed by atoms with Crippen LogP contribution in [0.1, 0.15) is 0 Å². The van der Waals surface area contributed by atoms with Crippen LogP contribution in [-0.2, 0) is 0 Å². The second-order valence-electron chi connectivity index (χ2n) is 1.53. The summed E-state index contributed by atoms with van der Waals surface area (Å²) in [7, 11) is 1.60. The molecule has 2 heteroatoms. The zero-order valence-corrected chi connectivity index (χ0v) is 5.54. The molecule has 0 amide bonds. The van der Waals surface area contributed by atoms with Crippen molar-refractivity contribution in [3.63, 3.8) is 0 Å². The molecule has 0 fully saturated rings. The first-order chi connectivity index (χ1) is 4.26. The molecule has 0 aromatic rings. The van der Waals surface area contributed by atoms with Crippen LogP contribution in [-0.4, -0.2) is 24.0 Å². The van der Waals surface area contributed by atoms with Crippen molar-refractivity contribution in [2.75, 3.05) is 7.05 Å². The zero-order chi connectivity index (χ0) is 7.28. The van der Waals surface area contributed by atoms with Gasteiger partial charge in [-0.2, -0.15) is 0 Å². The quantitative estimate of drug-likeness (QED) is 0.439. The van der Waals surface area contributed by atoms with Crippen LogP contribution in [0.5, 0.6) is 0 Å². The Morgan fingerprint density at radius 1 is 1.67 bits per heavy atom. The van der Waals surface area contributed by atoms with E-state index in [0.717, 1.165) is 0 Å². The van der Waals surface area contributed by atoms with Gasteiger partial charge in [0.1, 0.15) is 6.10 Å². The minimum Gasteiger partial charge on any atom is -0.383 e. The van der Waals surface area contributed by atoms with Crippen LogP contribution in [0.2, 0.25) is 0 Å². The third kappa shape index (κ3) is 2.24. The van der Waals surface area contributed by atoms with Crippen LogP contribution in [0, 0.1) is 0 Å². The molecule has 1 unspecified atom stereocenters. The first kappa shape index (κ1) is 8.11. The Bertz CT molecular complexity index is 138. The average Bonchev–Trinajstić information content (AvgIpc) is 1.90. The van der Waals surface area contributed by atoms with E-state index in [1.165, 1.54) is 12.2 Å². The van der Waals surface area contributed by atoms with Crippen LogP contribution < -0.4 is 0 Å². The van der Waals surface area contributed by atoms with Crippen molar-refractivity contribution in [1.82, 2.24) is 0 Å². The maximum atomic E-state index is 9.00. The van der Waals surface area contributed by atoms with Gasteiger partial charge in [-0.3, -0.25) is 4.99 Å². The van der Waals surface area contributed by atoms with Gasteiger partial charge in [-0.15, -0.1) is 6.58 Å². The largest absolute Gasteiger partial charge is 0.383 e. The first-order valence-electron chi connectivity index (χ1n) is 2.66. The van der Waals surface area contributed by atoms with Gasteiger partial charge in [0.25, 0.3) is 0 Å². The third-order valence-corrected chi connectivity index (χ3v) is 0.994. The van der Waals surface area contributed by atoms with Crippen molar-refractivity contribution >= 4 is 5.71 Å². The molecular weight excluding hydrogens is 114 g/mol. The summed E-state index contributed by atoms with van der Waals surface area (Å²) in [6.07, 6.45) is 2.24. The van der Waals surface area contributed by atoms with Gasteiger partial charge >= 0.3 is 0 Å². The van der Waals surface area contributed by atoms with Gasteiger partial charge in [-0.25, -0.2) is 0 Å². The van der Waals surface area contributed by atoms with E-state index in [1.807, 2.05) is 0 Å². The Kier molecular flexibility index (Phi) is 3.64. The number of aliphatic hydroxyl groups is 1. The van der Waals surface area contributed by atoms with E-state index in [1.54, 1.807) is 7.05 Å². The lowest BCUT2D eigenvalue weighted by Crippen LogP contribution is -2.14.